The number of amides is 2. The molecule has 8 nitrogen and oxygen atoms in total. The summed E-state index contributed by atoms with van der Waals surface area (Å²) in [5.74, 6) is 0.345. The number of fused-ring (bicyclic) bond motifs is 1. The normalized spacial score (nSPS) is 18.2. The number of methoxy groups -OCH3 is 1. The molecule has 154 valence electrons. The van der Waals surface area contributed by atoms with Gasteiger partial charge in [-0.1, -0.05) is 6.07 Å². The molecule has 3 heterocycles. The van der Waals surface area contributed by atoms with Gasteiger partial charge in [-0.25, -0.2) is 4.98 Å². The van der Waals surface area contributed by atoms with Crippen LogP contribution in [0.4, 0.5) is 5.69 Å². The Labute approximate surface area is 169 Å². The zero-order chi connectivity index (χ0) is 20.2. The molecule has 1 atom stereocenters. The first-order chi connectivity index (χ1) is 14.2. The van der Waals surface area contributed by atoms with E-state index in [1.165, 1.54) is 0 Å². The van der Waals surface area contributed by atoms with E-state index >= 15 is 0 Å². The Morgan fingerprint density at radius 3 is 2.97 bits per heavy atom. The van der Waals surface area contributed by atoms with Gasteiger partial charge in [0, 0.05) is 31.5 Å². The van der Waals surface area contributed by atoms with Crippen molar-refractivity contribution in [3.8, 4) is 5.75 Å². The van der Waals surface area contributed by atoms with Crippen molar-refractivity contribution < 1.29 is 19.1 Å². The molecule has 1 saturated heterocycles. The molecule has 4 rings (SSSR count). The highest BCUT2D eigenvalue weighted by molar-refractivity contribution is 6.03. The van der Waals surface area contributed by atoms with E-state index in [0.717, 1.165) is 44.4 Å². The SMILES string of the molecule is COc1cccc(NC(=O)c2nc(C(=O)NCC3CCCO3)c3n2CCCC3)c1. The van der Waals surface area contributed by atoms with Crippen molar-refractivity contribution in [1.82, 2.24) is 14.9 Å². The number of hydrogen-bond donors (Lipinski definition) is 2. The minimum Gasteiger partial charge on any atom is -0.497 e. The smallest absolute Gasteiger partial charge is 0.291 e. The monoisotopic (exact) mass is 398 g/mol. The topological polar surface area (TPSA) is 94.5 Å². The fraction of sp³-hybridized carbons (Fsp3) is 0.476. The van der Waals surface area contributed by atoms with Gasteiger partial charge in [-0.05, 0) is 44.2 Å². The minimum absolute atomic E-state index is 0.0632. The minimum atomic E-state index is -0.334. The zero-order valence-electron chi connectivity index (χ0n) is 16.6. The molecule has 0 spiro atoms. The Balaban J connectivity index is 1.53. The van der Waals surface area contributed by atoms with Crippen molar-refractivity contribution >= 4 is 17.5 Å². The highest BCUT2D eigenvalue weighted by Crippen LogP contribution is 2.23. The molecule has 2 aliphatic heterocycles. The summed E-state index contributed by atoms with van der Waals surface area (Å²) in [6, 6.07) is 7.14. The van der Waals surface area contributed by atoms with Crippen LogP contribution in [0.25, 0.3) is 0 Å². The van der Waals surface area contributed by atoms with Crippen molar-refractivity contribution in [3.63, 3.8) is 0 Å². The zero-order valence-corrected chi connectivity index (χ0v) is 16.6. The molecular weight excluding hydrogens is 372 g/mol. The third-order valence-electron chi connectivity index (χ3n) is 5.38. The summed E-state index contributed by atoms with van der Waals surface area (Å²) in [5, 5.41) is 5.78. The second kappa shape index (κ2) is 8.65. The maximum atomic E-state index is 12.9. The fourth-order valence-corrected chi connectivity index (χ4v) is 3.88. The van der Waals surface area contributed by atoms with Crippen LogP contribution in [0.5, 0.6) is 5.75 Å². The van der Waals surface area contributed by atoms with Gasteiger partial charge in [0.15, 0.2) is 5.82 Å². The number of nitrogens with one attached hydrogen (secondary N) is 2. The lowest BCUT2D eigenvalue weighted by atomic mass is 10.1. The number of aromatic nitrogens is 2. The summed E-state index contributed by atoms with van der Waals surface area (Å²) in [5.41, 5.74) is 1.79. The van der Waals surface area contributed by atoms with E-state index in [2.05, 4.69) is 15.6 Å². The van der Waals surface area contributed by atoms with Crippen LogP contribution in [0.2, 0.25) is 0 Å². The van der Waals surface area contributed by atoms with Crippen LogP contribution < -0.4 is 15.4 Å². The van der Waals surface area contributed by atoms with Crippen molar-refractivity contribution in [1.29, 1.82) is 0 Å². The van der Waals surface area contributed by atoms with Gasteiger partial charge < -0.3 is 24.7 Å². The van der Waals surface area contributed by atoms with Crippen LogP contribution in [-0.4, -0.2) is 47.7 Å². The number of ether oxygens (including phenoxy) is 2. The molecular formula is C21H26N4O4. The number of anilines is 1. The molecule has 0 radical (unpaired) electrons. The van der Waals surface area contributed by atoms with E-state index in [0.29, 0.717) is 30.2 Å². The van der Waals surface area contributed by atoms with Gasteiger partial charge in [-0.15, -0.1) is 0 Å². The molecule has 1 aromatic carbocycles. The Bertz CT molecular complexity index is 902. The fourth-order valence-electron chi connectivity index (χ4n) is 3.88. The second-order valence-corrected chi connectivity index (χ2v) is 7.37. The molecule has 2 aromatic rings. The Morgan fingerprint density at radius 2 is 2.17 bits per heavy atom. The molecule has 1 unspecified atom stereocenters. The summed E-state index contributed by atoms with van der Waals surface area (Å²) in [4.78, 5) is 30.1. The molecule has 2 aliphatic rings. The molecule has 1 aromatic heterocycles. The number of benzene rings is 1. The average molecular weight is 398 g/mol. The molecule has 2 N–H and O–H groups in total. The molecule has 8 heteroatoms. The van der Waals surface area contributed by atoms with Crippen LogP contribution in [0.15, 0.2) is 24.3 Å². The van der Waals surface area contributed by atoms with E-state index in [9.17, 15) is 9.59 Å². The largest absolute Gasteiger partial charge is 0.497 e. The number of carbonyl (C=O) groups excluding carboxylic acids is 2. The summed E-state index contributed by atoms with van der Waals surface area (Å²) < 4.78 is 12.6. The van der Waals surface area contributed by atoms with E-state index in [1.807, 2.05) is 10.6 Å². The Kier molecular flexibility index (Phi) is 5.80. The molecule has 0 aliphatic carbocycles. The lowest BCUT2D eigenvalue weighted by Crippen LogP contribution is -2.32. The predicted molar refractivity (Wildman–Crippen MR) is 107 cm³/mol. The lowest BCUT2D eigenvalue weighted by molar-refractivity contribution is 0.0853. The summed E-state index contributed by atoms with van der Waals surface area (Å²) >= 11 is 0. The lowest BCUT2D eigenvalue weighted by Gasteiger charge is -2.17. The molecule has 2 amide bonds. The summed E-state index contributed by atoms with van der Waals surface area (Å²) in [7, 11) is 1.58. The number of nitrogens with zero attached hydrogens (tertiary/aromatic N) is 2. The van der Waals surface area contributed by atoms with Crippen molar-refractivity contribution in [2.75, 3.05) is 25.6 Å². The average Bonchev–Trinajstić information content (AvgIpc) is 3.40. The van der Waals surface area contributed by atoms with Crippen LogP contribution >= 0.6 is 0 Å². The van der Waals surface area contributed by atoms with Crippen molar-refractivity contribution in [2.24, 2.45) is 0 Å². The number of carbonyl (C=O) groups is 2. The van der Waals surface area contributed by atoms with Gasteiger partial charge in [0.25, 0.3) is 11.8 Å². The maximum Gasteiger partial charge on any atom is 0.291 e. The van der Waals surface area contributed by atoms with Gasteiger partial charge in [0.1, 0.15) is 11.4 Å². The van der Waals surface area contributed by atoms with Gasteiger partial charge in [-0.2, -0.15) is 0 Å². The maximum absolute atomic E-state index is 12.9. The first-order valence-electron chi connectivity index (χ1n) is 10.1. The van der Waals surface area contributed by atoms with Crippen LogP contribution in [-0.2, 0) is 17.7 Å². The number of imidazole rings is 1. The van der Waals surface area contributed by atoms with E-state index in [1.54, 1.807) is 25.3 Å². The van der Waals surface area contributed by atoms with Gasteiger partial charge in [-0.3, -0.25) is 9.59 Å². The third-order valence-corrected chi connectivity index (χ3v) is 5.38. The number of rotatable bonds is 6. The molecule has 0 bridgehead atoms. The van der Waals surface area contributed by atoms with E-state index < -0.39 is 0 Å². The molecule has 29 heavy (non-hydrogen) atoms. The first kappa shape index (κ1) is 19.4. The quantitative estimate of drug-likeness (QED) is 0.779. The summed E-state index contributed by atoms with van der Waals surface area (Å²) in [6.45, 7) is 1.90. The second-order valence-electron chi connectivity index (χ2n) is 7.37. The van der Waals surface area contributed by atoms with Crippen molar-refractivity contribution in [3.05, 3.63) is 41.5 Å². The Hall–Kier alpha value is -2.87. The van der Waals surface area contributed by atoms with Crippen LogP contribution in [0.3, 0.4) is 0 Å². The van der Waals surface area contributed by atoms with Gasteiger partial charge >= 0.3 is 0 Å². The highest BCUT2D eigenvalue weighted by atomic mass is 16.5. The third kappa shape index (κ3) is 4.27. The summed E-state index contributed by atoms with van der Waals surface area (Å²) in [6.07, 6.45) is 4.72. The van der Waals surface area contributed by atoms with Gasteiger partial charge in [0.05, 0.1) is 18.9 Å². The number of hydrogen-bond acceptors (Lipinski definition) is 5. The first-order valence-corrected chi connectivity index (χ1v) is 10.1. The molecule has 1 fully saturated rings. The highest BCUT2D eigenvalue weighted by Gasteiger charge is 2.28. The van der Waals surface area contributed by atoms with Crippen molar-refractivity contribution in [2.45, 2.75) is 44.8 Å². The van der Waals surface area contributed by atoms with Crippen LogP contribution in [0.1, 0.15) is 52.5 Å². The standard InChI is InChI=1S/C21H26N4O4/c1-28-15-7-4-6-14(12-15)23-21(27)19-24-18(17-9-2-3-10-25(17)19)20(26)22-13-16-8-5-11-29-16/h4,6-7,12,16H,2-3,5,8-11,13H2,1H3,(H,22,26)(H,23,27). The predicted octanol–water partition coefficient (Wildman–Crippen LogP) is 2.39. The Morgan fingerprint density at radius 1 is 1.28 bits per heavy atom. The molecule has 0 saturated carbocycles. The van der Waals surface area contributed by atoms with E-state index in [4.69, 9.17) is 9.47 Å². The van der Waals surface area contributed by atoms with Gasteiger partial charge in [0.2, 0.25) is 0 Å². The van der Waals surface area contributed by atoms with E-state index in [-0.39, 0.29) is 23.7 Å². The van der Waals surface area contributed by atoms with Crippen LogP contribution in [0, 0.1) is 0 Å².